The minimum Gasteiger partial charge on any atom is -0.469 e. The Balaban J connectivity index is 1.89. The zero-order chi connectivity index (χ0) is 33.3. The minimum atomic E-state index is -0.757. The van der Waals surface area contributed by atoms with Crippen LogP contribution in [-0.2, 0) is 25.7 Å². The maximum atomic E-state index is 12.2. The minimum absolute atomic E-state index is 0.231. The number of H-pyrrole nitrogens is 2. The molecule has 46 heavy (non-hydrogen) atoms. The molecule has 0 saturated carbocycles. The van der Waals surface area contributed by atoms with Gasteiger partial charge in [0.2, 0.25) is 0 Å². The Kier molecular flexibility index (Phi) is 9.93. The van der Waals surface area contributed by atoms with Crippen molar-refractivity contribution in [2.24, 2.45) is 0 Å². The number of aliphatic hydroxyl groups is 2. The van der Waals surface area contributed by atoms with Crippen molar-refractivity contribution < 1.29 is 29.5 Å². The second kappa shape index (κ2) is 13.7. The third kappa shape index (κ3) is 6.43. The number of ether oxygens (including phenoxy) is 1. The predicted molar refractivity (Wildman–Crippen MR) is 180 cm³/mol. The molecule has 0 aromatic carbocycles. The molecule has 10 heteroatoms. The number of allylic oxidation sites excluding steroid dienone is 3. The number of esters is 1. The van der Waals surface area contributed by atoms with E-state index in [1.807, 2.05) is 45.0 Å². The molecule has 244 valence electrons. The Hall–Kier alpha value is -4.09. The van der Waals surface area contributed by atoms with Crippen LogP contribution in [0.25, 0.3) is 44.4 Å². The first-order valence-corrected chi connectivity index (χ1v) is 15.7. The molecule has 8 bridgehead atoms. The standard InChI is InChI=1S/C36H44N4O6/c1-18-24(10-9-13-46-45-8)30-17-31-25(11-12-34(43)44-7)19(2)27(38-31)15-32-36(23(6)42)21(4)29(40-32)16-33-35(22(5)41)20(3)28(39-33)14-26(18)37-30/h14-17,22-23,38-39,41-42H,9-13H2,1-8H3. The predicted octanol–water partition coefficient (Wildman–Crippen LogP) is 6.69. The number of carbonyl (C=O) groups excluding carboxylic acids is 1. The summed E-state index contributed by atoms with van der Waals surface area (Å²) in [6.07, 6.45) is 0.685. The van der Waals surface area contributed by atoms with E-state index in [1.54, 1.807) is 13.8 Å². The lowest BCUT2D eigenvalue weighted by Gasteiger charge is -2.07. The fourth-order valence-corrected chi connectivity index (χ4v) is 6.57. The van der Waals surface area contributed by atoms with Gasteiger partial charge in [-0.15, -0.1) is 0 Å². The van der Waals surface area contributed by atoms with Crippen LogP contribution >= 0.6 is 0 Å². The quantitative estimate of drug-likeness (QED) is 0.0842. The van der Waals surface area contributed by atoms with Gasteiger partial charge in [-0.05, 0) is 118 Å². The van der Waals surface area contributed by atoms with Crippen LogP contribution in [0.2, 0.25) is 0 Å². The number of aryl methyl sites for hydroxylation is 3. The molecule has 3 aromatic heterocycles. The molecule has 4 N–H and O–H groups in total. The first-order valence-electron chi connectivity index (χ1n) is 15.7. The van der Waals surface area contributed by atoms with Crippen LogP contribution in [0.15, 0.2) is 24.3 Å². The molecule has 0 spiro atoms. The Morgan fingerprint density at radius 1 is 0.783 bits per heavy atom. The number of aliphatic hydroxyl groups excluding tert-OH is 2. The Morgan fingerprint density at radius 3 is 2.07 bits per heavy atom. The fraction of sp³-hybridized carbons (Fsp3) is 0.417. The maximum Gasteiger partial charge on any atom is 0.305 e. The highest BCUT2D eigenvalue weighted by Gasteiger charge is 2.23. The first-order chi connectivity index (χ1) is 21.9. The molecule has 2 unspecified atom stereocenters. The zero-order valence-corrected chi connectivity index (χ0v) is 27.9. The summed E-state index contributed by atoms with van der Waals surface area (Å²) in [6.45, 7) is 12.0. The van der Waals surface area contributed by atoms with E-state index in [1.165, 1.54) is 14.2 Å². The molecule has 5 rings (SSSR count). The lowest BCUT2D eigenvalue weighted by Crippen LogP contribution is -2.03. The number of methoxy groups -OCH3 is 1. The number of aromatic amines is 2. The number of nitrogens with one attached hydrogen (secondary N) is 2. The van der Waals surface area contributed by atoms with Crippen LogP contribution in [0.3, 0.4) is 0 Å². The molecule has 0 radical (unpaired) electrons. The van der Waals surface area contributed by atoms with E-state index in [4.69, 9.17) is 24.5 Å². The number of hydrogen-bond acceptors (Lipinski definition) is 8. The van der Waals surface area contributed by atoms with Gasteiger partial charge in [-0.3, -0.25) is 4.79 Å². The topological polar surface area (TPSA) is 143 Å². The maximum absolute atomic E-state index is 12.2. The highest BCUT2D eigenvalue weighted by Crippen LogP contribution is 2.37. The van der Waals surface area contributed by atoms with Crippen molar-refractivity contribution in [2.75, 3.05) is 20.8 Å². The third-order valence-corrected chi connectivity index (χ3v) is 9.05. The first kappa shape index (κ1) is 33.3. The summed E-state index contributed by atoms with van der Waals surface area (Å²) in [4.78, 5) is 39.4. The highest BCUT2D eigenvalue weighted by molar-refractivity contribution is 5.95. The van der Waals surface area contributed by atoms with Gasteiger partial charge in [0.15, 0.2) is 0 Å². The normalized spacial score (nSPS) is 14.7. The van der Waals surface area contributed by atoms with Gasteiger partial charge in [-0.2, -0.15) is 0 Å². The van der Waals surface area contributed by atoms with Gasteiger partial charge in [0.1, 0.15) is 0 Å². The molecule has 3 aromatic rings. The molecule has 2 aliphatic heterocycles. The van der Waals surface area contributed by atoms with E-state index in [0.29, 0.717) is 24.4 Å². The van der Waals surface area contributed by atoms with Crippen molar-refractivity contribution in [3.05, 3.63) is 69.3 Å². The van der Waals surface area contributed by atoms with Crippen LogP contribution in [0.1, 0.15) is 98.1 Å². The molecule has 0 amide bonds. The van der Waals surface area contributed by atoms with Gasteiger partial charge in [0.25, 0.3) is 0 Å². The van der Waals surface area contributed by atoms with Crippen molar-refractivity contribution >= 4 is 50.3 Å². The highest BCUT2D eigenvalue weighted by atomic mass is 17.2. The summed E-state index contributed by atoms with van der Waals surface area (Å²) in [5, 5.41) is 21.7. The fourth-order valence-electron chi connectivity index (χ4n) is 6.57. The van der Waals surface area contributed by atoms with Crippen LogP contribution in [0.5, 0.6) is 0 Å². The molecule has 10 nitrogen and oxygen atoms in total. The average Bonchev–Trinajstić information content (AvgIpc) is 3.67. The molecule has 0 fully saturated rings. The number of rotatable bonds is 10. The lowest BCUT2D eigenvalue weighted by molar-refractivity contribution is -0.272. The van der Waals surface area contributed by atoms with E-state index in [-0.39, 0.29) is 12.4 Å². The summed E-state index contributed by atoms with van der Waals surface area (Å²) in [5.41, 5.74) is 13.7. The van der Waals surface area contributed by atoms with Crippen molar-refractivity contribution in [2.45, 2.75) is 79.4 Å². The van der Waals surface area contributed by atoms with Crippen LogP contribution in [0, 0.1) is 13.8 Å². The summed E-state index contributed by atoms with van der Waals surface area (Å²) >= 11 is 0. The second-order valence-electron chi connectivity index (χ2n) is 12.1. The van der Waals surface area contributed by atoms with Crippen molar-refractivity contribution in [1.82, 2.24) is 19.9 Å². The van der Waals surface area contributed by atoms with E-state index >= 15 is 0 Å². The summed E-state index contributed by atoms with van der Waals surface area (Å²) in [7, 11) is 2.90. The van der Waals surface area contributed by atoms with E-state index < -0.39 is 12.2 Å². The van der Waals surface area contributed by atoms with Gasteiger partial charge in [0, 0.05) is 39.6 Å². The summed E-state index contributed by atoms with van der Waals surface area (Å²) in [5.74, 6) is -0.282. The average molecular weight is 629 g/mol. The lowest BCUT2D eigenvalue weighted by atomic mass is 10.00. The van der Waals surface area contributed by atoms with Crippen LogP contribution < -0.4 is 0 Å². The monoisotopic (exact) mass is 628 g/mol. The van der Waals surface area contributed by atoms with Crippen LogP contribution in [0.4, 0.5) is 0 Å². The molecular weight excluding hydrogens is 584 g/mol. The molecule has 5 heterocycles. The molecule has 0 aliphatic carbocycles. The number of hydrogen-bond donors (Lipinski definition) is 4. The van der Waals surface area contributed by atoms with Gasteiger partial charge >= 0.3 is 5.97 Å². The van der Waals surface area contributed by atoms with Gasteiger partial charge < -0.3 is 24.9 Å². The second-order valence-corrected chi connectivity index (χ2v) is 12.1. The van der Waals surface area contributed by atoms with Crippen molar-refractivity contribution in [1.29, 1.82) is 0 Å². The number of aromatic nitrogens is 4. The SMILES string of the molecule is COOCCCC1=C(C)c2cc3[nH]c(cc4nc(cc5[nH]c(cc1n2)c(CCC(=O)OC)c5C)C(C(C)O)=C4C)c(C(C)O)c3C. The largest absolute Gasteiger partial charge is 0.469 e. The van der Waals surface area contributed by atoms with E-state index in [9.17, 15) is 15.0 Å². The Labute approximate surface area is 269 Å². The molecular formula is C36H44N4O6. The molecule has 0 saturated heterocycles. The number of carbonyl (C=O) groups is 1. The molecule has 2 atom stereocenters. The summed E-state index contributed by atoms with van der Waals surface area (Å²) < 4.78 is 4.96. The van der Waals surface area contributed by atoms with Crippen molar-refractivity contribution in [3.8, 4) is 0 Å². The van der Waals surface area contributed by atoms with Crippen molar-refractivity contribution in [3.63, 3.8) is 0 Å². The van der Waals surface area contributed by atoms with E-state index in [0.717, 1.165) is 90.8 Å². The smallest absolute Gasteiger partial charge is 0.305 e. The number of nitrogens with zero attached hydrogens (tertiary/aromatic N) is 2. The van der Waals surface area contributed by atoms with Gasteiger partial charge in [-0.1, -0.05) is 0 Å². The molecule has 2 aliphatic rings. The van der Waals surface area contributed by atoms with Gasteiger partial charge in [-0.25, -0.2) is 19.7 Å². The zero-order valence-electron chi connectivity index (χ0n) is 27.9. The Morgan fingerprint density at radius 2 is 1.39 bits per heavy atom. The third-order valence-electron chi connectivity index (χ3n) is 9.05. The summed E-state index contributed by atoms with van der Waals surface area (Å²) in [6, 6.07) is 7.98. The Bertz CT molecular complexity index is 1890. The van der Waals surface area contributed by atoms with Crippen LogP contribution in [-0.4, -0.2) is 63.0 Å². The number of fused-ring (bicyclic) bond motifs is 8. The van der Waals surface area contributed by atoms with E-state index in [2.05, 4.69) is 16.9 Å². The van der Waals surface area contributed by atoms with Gasteiger partial charge in [0.05, 0.1) is 55.8 Å².